The summed E-state index contributed by atoms with van der Waals surface area (Å²) in [4.78, 5) is 0.300. The van der Waals surface area contributed by atoms with Gasteiger partial charge in [-0.3, -0.25) is 4.72 Å². The zero-order chi connectivity index (χ0) is 22.5. The molecule has 1 heterocycles. The predicted octanol–water partition coefficient (Wildman–Crippen LogP) is 6.24. The quantitative estimate of drug-likeness (QED) is 0.468. The summed E-state index contributed by atoms with van der Waals surface area (Å²) < 4.78 is 29.3. The van der Waals surface area contributed by atoms with Crippen molar-refractivity contribution in [3.63, 3.8) is 0 Å². The van der Waals surface area contributed by atoms with Crippen LogP contribution in [0.5, 0.6) is 0 Å². The van der Waals surface area contributed by atoms with Gasteiger partial charge in [-0.2, -0.15) is 0 Å². The van der Waals surface area contributed by atoms with E-state index in [2.05, 4.69) is 53.4 Å². The van der Waals surface area contributed by atoms with Crippen LogP contribution in [0.4, 0.5) is 11.4 Å². The Labute approximate surface area is 190 Å². The minimum Gasteiger partial charge on any atom is -0.378 e. The van der Waals surface area contributed by atoms with Gasteiger partial charge in [0.25, 0.3) is 10.0 Å². The van der Waals surface area contributed by atoms with Crippen molar-refractivity contribution in [1.82, 2.24) is 0 Å². The molecule has 2 N–H and O–H groups in total. The Morgan fingerprint density at radius 3 is 2.44 bits per heavy atom. The molecule has 0 amide bonds. The third-order valence-corrected chi connectivity index (χ3v) is 8.11. The molecule has 0 bridgehead atoms. The van der Waals surface area contributed by atoms with Crippen LogP contribution in [0.2, 0.25) is 0 Å². The highest BCUT2D eigenvalue weighted by molar-refractivity contribution is 7.92. The van der Waals surface area contributed by atoms with E-state index >= 15 is 0 Å². The van der Waals surface area contributed by atoms with Crippen molar-refractivity contribution in [3.8, 4) is 0 Å². The van der Waals surface area contributed by atoms with Crippen LogP contribution in [0.25, 0.3) is 0 Å². The number of aryl methyl sites for hydroxylation is 3. The first-order chi connectivity index (χ1) is 15.3. The number of fused-ring (bicyclic) bond motifs is 3. The molecule has 32 heavy (non-hydrogen) atoms. The second-order valence-corrected chi connectivity index (χ2v) is 10.7. The Morgan fingerprint density at radius 1 is 0.938 bits per heavy atom. The average molecular weight is 445 g/mol. The zero-order valence-corrected chi connectivity index (χ0v) is 19.4. The van der Waals surface area contributed by atoms with Gasteiger partial charge >= 0.3 is 0 Å². The van der Waals surface area contributed by atoms with E-state index < -0.39 is 10.0 Å². The first-order valence-corrected chi connectivity index (χ1v) is 12.5. The molecule has 2 aliphatic rings. The number of para-hydroxylation sites is 1. The standard InChI is InChI=1S/C27H28N2O2S/c1-17-7-4-10-20(15-17)27-23-12-6-11-22(23)24-16-21(13-14-25(24)28-27)32(30,31)29-26-18(2)8-5-9-19(26)3/h4-11,13-16,22-23,27-29H,12H2,1-3H3. The molecule has 1 aliphatic carbocycles. The summed E-state index contributed by atoms with van der Waals surface area (Å²) in [6.07, 6.45) is 5.45. The van der Waals surface area contributed by atoms with Crippen LogP contribution in [-0.2, 0) is 10.0 Å². The normalized spacial score (nSPS) is 21.5. The lowest BCUT2D eigenvalue weighted by molar-refractivity contribution is 0.425. The van der Waals surface area contributed by atoms with Gasteiger partial charge in [0, 0.05) is 11.6 Å². The van der Waals surface area contributed by atoms with Gasteiger partial charge in [0.15, 0.2) is 0 Å². The molecule has 0 aromatic heterocycles. The summed E-state index contributed by atoms with van der Waals surface area (Å²) in [6.45, 7) is 5.95. The lowest BCUT2D eigenvalue weighted by atomic mass is 9.77. The molecule has 1 aliphatic heterocycles. The summed E-state index contributed by atoms with van der Waals surface area (Å²) >= 11 is 0. The highest BCUT2D eigenvalue weighted by atomic mass is 32.2. The minimum absolute atomic E-state index is 0.201. The topological polar surface area (TPSA) is 58.2 Å². The third-order valence-electron chi connectivity index (χ3n) is 6.76. The Bertz CT molecular complexity index is 1310. The summed E-state index contributed by atoms with van der Waals surface area (Å²) in [5.74, 6) is 0.570. The molecule has 0 spiro atoms. The Balaban J connectivity index is 1.51. The van der Waals surface area contributed by atoms with Gasteiger partial charge in [-0.05, 0) is 73.6 Å². The number of allylic oxidation sites excluding steroid dienone is 2. The number of hydrogen-bond acceptors (Lipinski definition) is 3. The number of sulfonamides is 1. The molecule has 3 atom stereocenters. The molecule has 0 fully saturated rings. The third kappa shape index (κ3) is 3.61. The van der Waals surface area contributed by atoms with Crippen molar-refractivity contribution in [2.24, 2.45) is 5.92 Å². The van der Waals surface area contributed by atoms with Gasteiger partial charge in [-0.15, -0.1) is 0 Å². The Kier molecular flexibility index (Phi) is 5.09. The van der Waals surface area contributed by atoms with Gasteiger partial charge in [0.2, 0.25) is 0 Å². The summed E-state index contributed by atoms with van der Waals surface area (Å²) in [7, 11) is -3.69. The fourth-order valence-corrected chi connectivity index (χ4v) is 6.34. The lowest BCUT2D eigenvalue weighted by Gasteiger charge is -2.38. The molecule has 4 nitrogen and oxygen atoms in total. The average Bonchev–Trinajstić information content (AvgIpc) is 3.26. The van der Waals surface area contributed by atoms with E-state index in [0.29, 0.717) is 16.5 Å². The van der Waals surface area contributed by atoms with E-state index in [1.54, 1.807) is 6.07 Å². The van der Waals surface area contributed by atoms with Crippen molar-refractivity contribution in [2.45, 2.75) is 44.0 Å². The monoisotopic (exact) mass is 444 g/mol. The van der Waals surface area contributed by atoms with E-state index in [1.807, 2.05) is 44.2 Å². The number of rotatable bonds is 4. The first kappa shape index (κ1) is 20.8. The van der Waals surface area contributed by atoms with Gasteiger partial charge in [-0.1, -0.05) is 60.2 Å². The number of anilines is 2. The highest BCUT2D eigenvalue weighted by Gasteiger charge is 2.38. The maximum absolute atomic E-state index is 13.3. The van der Waals surface area contributed by atoms with E-state index in [-0.39, 0.29) is 12.0 Å². The van der Waals surface area contributed by atoms with Crippen molar-refractivity contribution in [3.05, 3.63) is 101 Å². The SMILES string of the molecule is Cc1cccc(C2Nc3ccc(S(=O)(=O)Nc4c(C)cccc4C)cc3C3C=CCC32)c1. The van der Waals surface area contributed by atoms with E-state index in [4.69, 9.17) is 0 Å². The van der Waals surface area contributed by atoms with Crippen LogP contribution in [0.1, 0.15) is 46.2 Å². The molecule has 0 saturated carbocycles. The molecule has 0 radical (unpaired) electrons. The zero-order valence-electron chi connectivity index (χ0n) is 18.6. The first-order valence-electron chi connectivity index (χ1n) is 11.1. The molecule has 3 aromatic carbocycles. The van der Waals surface area contributed by atoms with Gasteiger partial charge in [0.05, 0.1) is 16.6 Å². The van der Waals surface area contributed by atoms with Crippen LogP contribution in [0.3, 0.4) is 0 Å². The van der Waals surface area contributed by atoms with Crippen LogP contribution < -0.4 is 10.0 Å². The molecule has 5 rings (SSSR count). The number of nitrogens with one attached hydrogen (secondary N) is 2. The smallest absolute Gasteiger partial charge is 0.261 e. The van der Waals surface area contributed by atoms with Gasteiger partial charge in [-0.25, -0.2) is 8.42 Å². The number of benzene rings is 3. The molecule has 164 valence electrons. The fourth-order valence-electron chi connectivity index (χ4n) is 5.10. The Hall–Kier alpha value is -3.05. The van der Waals surface area contributed by atoms with Crippen LogP contribution in [-0.4, -0.2) is 8.42 Å². The summed E-state index contributed by atoms with van der Waals surface area (Å²) in [5.41, 5.74) is 7.06. The molecule has 3 aromatic rings. The largest absolute Gasteiger partial charge is 0.378 e. The predicted molar refractivity (Wildman–Crippen MR) is 131 cm³/mol. The maximum Gasteiger partial charge on any atom is 0.261 e. The Morgan fingerprint density at radius 2 is 1.69 bits per heavy atom. The van der Waals surface area contributed by atoms with Crippen molar-refractivity contribution in [1.29, 1.82) is 0 Å². The maximum atomic E-state index is 13.3. The molecular weight excluding hydrogens is 416 g/mol. The molecule has 0 saturated heterocycles. The molecular formula is C27H28N2O2S. The van der Waals surface area contributed by atoms with E-state index in [1.165, 1.54) is 11.1 Å². The van der Waals surface area contributed by atoms with Crippen LogP contribution >= 0.6 is 0 Å². The van der Waals surface area contributed by atoms with Crippen LogP contribution in [0, 0.1) is 26.7 Å². The molecule has 3 unspecified atom stereocenters. The van der Waals surface area contributed by atoms with Crippen LogP contribution in [0.15, 0.2) is 77.7 Å². The van der Waals surface area contributed by atoms with E-state index in [9.17, 15) is 8.42 Å². The van der Waals surface area contributed by atoms with E-state index in [0.717, 1.165) is 28.8 Å². The second kappa shape index (κ2) is 7.82. The molecule has 5 heteroatoms. The van der Waals surface area contributed by atoms with Gasteiger partial charge in [0.1, 0.15) is 0 Å². The number of hydrogen-bond donors (Lipinski definition) is 2. The van der Waals surface area contributed by atoms with Crippen molar-refractivity contribution in [2.75, 3.05) is 10.0 Å². The highest BCUT2D eigenvalue weighted by Crippen LogP contribution is 2.50. The van der Waals surface area contributed by atoms with Crippen molar-refractivity contribution >= 4 is 21.4 Å². The lowest BCUT2D eigenvalue weighted by Crippen LogP contribution is -2.29. The fraction of sp³-hybridized carbons (Fsp3) is 0.259. The van der Waals surface area contributed by atoms with Crippen molar-refractivity contribution < 1.29 is 8.42 Å². The van der Waals surface area contributed by atoms with Gasteiger partial charge < -0.3 is 5.32 Å². The minimum atomic E-state index is -3.69. The summed E-state index contributed by atoms with van der Waals surface area (Å²) in [5, 5.41) is 3.70. The summed E-state index contributed by atoms with van der Waals surface area (Å²) in [6, 6.07) is 20.1. The second-order valence-electron chi connectivity index (χ2n) is 9.01.